The molecule has 3 heteroatoms. The van der Waals surface area contributed by atoms with Gasteiger partial charge in [-0.15, -0.1) is 0 Å². The molecule has 0 aliphatic heterocycles. The highest BCUT2D eigenvalue weighted by molar-refractivity contribution is 7.95. The molecule has 4 rings (SSSR count). The molecule has 0 saturated heterocycles. The van der Waals surface area contributed by atoms with Gasteiger partial charge in [0.2, 0.25) is 0 Å². The minimum atomic E-state index is -1.98. The first kappa shape index (κ1) is 20.2. The van der Waals surface area contributed by atoms with Crippen LogP contribution in [0.1, 0.15) is 5.56 Å². The molecule has 0 heterocycles. The van der Waals surface area contributed by atoms with Crippen molar-refractivity contribution in [3.63, 3.8) is 0 Å². The Morgan fingerprint density at radius 1 is 0.567 bits per heavy atom. The van der Waals surface area contributed by atoms with E-state index in [9.17, 15) is 0 Å². The van der Waals surface area contributed by atoms with Crippen LogP contribution in [0, 0.1) is 0 Å². The quantitative estimate of drug-likeness (QED) is 0.388. The standard InChI is InChI=1S/C27H26O2P/c1-28-23-18-19-27(29-2)22(20-23)21-30(24-12-6-3-7-13-24,25-14-8-4-9-15-25)26-16-10-5-11-17-26/h3-20H,21H2,1-2H3/q+1. The minimum Gasteiger partial charge on any atom is -0.497 e. The molecule has 4 aromatic carbocycles. The molecule has 0 aliphatic carbocycles. The van der Waals surface area contributed by atoms with E-state index in [-0.39, 0.29) is 0 Å². The second kappa shape index (κ2) is 9.15. The van der Waals surface area contributed by atoms with E-state index in [0.717, 1.165) is 23.2 Å². The summed E-state index contributed by atoms with van der Waals surface area (Å²) in [5.74, 6) is 1.74. The third kappa shape index (κ3) is 3.84. The SMILES string of the molecule is COc1ccc(OC)c(C[P+](c2ccccc2)(c2ccccc2)c2ccccc2)c1. The Morgan fingerprint density at radius 2 is 1.03 bits per heavy atom. The Bertz CT molecular complexity index is 983. The largest absolute Gasteiger partial charge is 0.497 e. The molecule has 0 aliphatic rings. The first-order valence-corrected chi connectivity index (χ1v) is 12.0. The second-order valence-corrected chi connectivity index (χ2v) is 10.6. The highest BCUT2D eigenvalue weighted by Crippen LogP contribution is 2.59. The predicted molar refractivity (Wildman–Crippen MR) is 128 cm³/mol. The Morgan fingerprint density at radius 3 is 1.43 bits per heavy atom. The Balaban J connectivity index is 2.01. The average Bonchev–Trinajstić information content (AvgIpc) is 2.84. The van der Waals surface area contributed by atoms with E-state index in [4.69, 9.17) is 9.47 Å². The molecule has 150 valence electrons. The monoisotopic (exact) mass is 413 g/mol. The maximum absolute atomic E-state index is 5.76. The van der Waals surface area contributed by atoms with Crippen molar-refractivity contribution < 1.29 is 9.47 Å². The molecular weight excluding hydrogens is 387 g/mol. The predicted octanol–water partition coefficient (Wildman–Crippen LogP) is 5.20. The first-order chi connectivity index (χ1) is 14.8. The van der Waals surface area contributed by atoms with Crippen LogP contribution in [-0.2, 0) is 6.16 Å². The van der Waals surface area contributed by atoms with Crippen LogP contribution in [0.15, 0.2) is 109 Å². The fourth-order valence-electron chi connectivity index (χ4n) is 4.03. The Kier molecular flexibility index (Phi) is 6.16. The lowest BCUT2D eigenvalue weighted by Crippen LogP contribution is -2.32. The van der Waals surface area contributed by atoms with Crippen molar-refractivity contribution in [1.82, 2.24) is 0 Å². The molecule has 0 bridgehead atoms. The van der Waals surface area contributed by atoms with E-state index in [2.05, 4.69) is 97.1 Å². The number of rotatable bonds is 7. The first-order valence-electron chi connectivity index (χ1n) is 10.0. The van der Waals surface area contributed by atoms with Crippen LogP contribution in [0.25, 0.3) is 0 Å². The van der Waals surface area contributed by atoms with Crippen molar-refractivity contribution in [3.8, 4) is 11.5 Å². The van der Waals surface area contributed by atoms with Gasteiger partial charge in [-0.2, -0.15) is 0 Å². The van der Waals surface area contributed by atoms with Crippen LogP contribution < -0.4 is 25.4 Å². The molecule has 0 atom stereocenters. The van der Waals surface area contributed by atoms with Gasteiger partial charge in [-0.3, -0.25) is 0 Å². The molecule has 0 radical (unpaired) electrons. The van der Waals surface area contributed by atoms with Gasteiger partial charge in [0.05, 0.1) is 14.2 Å². The molecular formula is C27H26O2P+. The van der Waals surface area contributed by atoms with Gasteiger partial charge >= 0.3 is 0 Å². The molecule has 4 aromatic rings. The summed E-state index contributed by atoms with van der Waals surface area (Å²) >= 11 is 0. The van der Waals surface area contributed by atoms with Gasteiger partial charge in [-0.05, 0) is 54.6 Å². The summed E-state index contributed by atoms with van der Waals surface area (Å²) in [5, 5.41) is 4.06. The smallest absolute Gasteiger partial charge is 0.126 e. The van der Waals surface area contributed by atoms with Crippen LogP contribution in [0.2, 0.25) is 0 Å². The molecule has 0 fully saturated rings. The fourth-order valence-corrected chi connectivity index (χ4v) is 8.27. The molecule has 0 N–H and O–H groups in total. The summed E-state index contributed by atoms with van der Waals surface area (Å²) in [4.78, 5) is 0. The maximum Gasteiger partial charge on any atom is 0.126 e. The van der Waals surface area contributed by atoms with E-state index in [0.29, 0.717) is 0 Å². The summed E-state index contributed by atoms with van der Waals surface area (Å²) in [6.45, 7) is 0. The van der Waals surface area contributed by atoms with Gasteiger partial charge in [0.25, 0.3) is 0 Å². The van der Waals surface area contributed by atoms with Gasteiger partial charge in [0.15, 0.2) is 0 Å². The van der Waals surface area contributed by atoms with E-state index in [1.807, 2.05) is 12.1 Å². The lowest BCUT2D eigenvalue weighted by atomic mass is 10.2. The zero-order valence-electron chi connectivity index (χ0n) is 17.4. The number of ether oxygens (including phenoxy) is 2. The molecule has 2 nitrogen and oxygen atoms in total. The van der Waals surface area contributed by atoms with Crippen molar-refractivity contribution in [3.05, 3.63) is 115 Å². The van der Waals surface area contributed by atoms with Crippen molar-refractivity contribution in [2.75, 3.05) is 14.2 Å². The van der Waals surface area contributed by atoms with Crippen LogP contribution in [0.4, 0.5) is 0 Å². The van der Waals surface area contributed by atoms with Crippen molar-refractivity contribution in [2.45, 2.75) is 6.16 Å². The topological polar surface area (TPSA) is 18.5 Å². The molecule has 30 heavy (non-hydrogen) atoms. The average molecular weight is 413 g/mol. The van der Waals surface area contributed by atoms with E-state index in [1.54, 1.807) is 14.2 Å². The lowest BCUT2D eigenvalue weighted by molar-refractivity contribution is 0.400. The van der Waals surface area contributed by atoms with Crippen molar-refractivity contribution in [1.29, 1.82) is 0 Å². The molecule has 0 spiro atoms. The summed E-state index contributed by atoms with van der Waals surface area (Å²) in [6, 6.07) is 38.7. The third-order valence-corrected chi connectivity index (χ3v) is 9.84. The van der Waals surface area contributed by atoms with E-state index < -0.39 is 7.26 Å². The van der Waals surface area contributed by atoms with Gasteiger partial charge in [-0.25, -0.2) is 0 Å². The zero-order valence-corrected chi connectivity index (χ0v) is 18.3. The van der Waals surface area contributed by atoms with Gasteiger partial charge < -0.3 is 9.47 Å². The van der Waals surface area contributed by atoms with Crippen LogP contribution in [-0.4, -0.2) is 14.2 Å². The van der Waals surface area contributed by atoms with Gasteiger partial charge in [-0.1, -0.05) is 54.6 Å². The summed E-state index contributed by atoms with van der Waals surface area (Å²) in [6.07, 6.45) is 0.853. The Labute approximate surface area is 179 Å². The number of methoxy groups -OCH3 is 2. The maximum atomic E-state index is 5.76. The van der Waals surface area contributed by atoms with E-state index in [1.165, 1.54) is 15.9 Å². The number of benzene rings is 4. The summed E-state index contributed by atoms with van der Waals surface area (Å²) in [7, 11) is 1.46. The lowest BCUT2D eigenvalue weighted by Gasteiger charge is -2.28. The van der Waals surface area contributed by atoms with Crippen LogP contribution >= 0.6 is 7.26 Å². The molecule has 0 saturated carbocycles. The number of hydrogen-bond donors (Lipinski definition) is 0. The van der Waals surface area contributed by atoms with Crippen LogP contribution in [0.3, 0.4) is 0 Å². The van der Waals surface area contributed by atoms with Gasteiger partial charge in [0.1, 0.15) is 40.8 Å². The normalized spacial score (nSPS) is 11.1. The molecule has 0 aromatic heterocycles. The summed E-state index contributed by atoms with van der Waals surface area (Å²) in [5.41, 5.74) is 1.15. The molecule has 0 unspecified atom stereocenters. The summed E-state index contributed by atoms with van der Waals surface area (Å²) < 4.78 is 11.3. The highest BCUT2D eigenvalue weighted by Gasteiger charge is 2.46. The highest BCUT2D eigenvalue weighted by atomic mass is 31.2. The van der Waals surface area contributed by atoms with E-state index >= 15 is 0 Å². The minimum absolute atomic E-state index is 0.845. The zero-order chi connectivity index (χ0) is 20.8. The number of hydrogen-bond acceptors (Lipinski definition) is 2. The Hall–Kier alpha value is -3.09. The van der Waals surface area contributed by atoms with Gasteiger partial charge in [0, 0.05) is 5.56 Å². The van der Waals surface area contributed by atoms with Crippen molar-refractivity contribution >= 4 is 23.2 Å². The third-order valence-electron chi connectivity index (χ3n) is 5.49. The second-order valence-electron chi connectivity index (χ2n) is 7.15. The fraction of sp³-hybridized carbons (Fsp3) is 0.111. The molecule has 0 amide bonds. The van der Waals surface area contributed by atoms with Crippen molar-refractivity contribution in [2.24, 2.45) is 0 Å². The van der Waals surface area contributed by atoms with Crippen LogP contribution in [0.5, 0.6) is 11.5 Å².